The molecule has 3 rings (SSSR count). The fourth-order valence-electron chi connectivity index (χ4n) is 3.04. The van der Waals surface area contributed by atoms with Gasteiger partial charge in [0.15, 0.2) is 0 Å². The molecular weight excluding hydrogens is 392 g/mol. The Hall–Kier alpha value is -3.17. The van der Waals surface area contributed by atoms with E-state index in [-0.39, 0.29) is 30.5 Å². The predicted octanol–water partition coefficient (Wildman–Crippen LogP) is 2.94. The number of nitrogens with one attached hydrogen (secondary N) is 2. The quantitative estimate of drug-likeness (QED) is 0.719. The molecule has 2 heterocycles. The summed E-state index contributed by atoms with van der Waals surface area (Å²) in [6.45, 7) is 2.05. The van der Waals surface area contributed by atoms with Gasteiger partial charge in [0, 0.05) is 26.6 Å². The molecule has 0 radical (unpaired) electrons. The molecule has 1 aliphatic rings. The number of hydrogen-bond acceptors (Lipinski definition) is 4. The second-order valence-electron chi connectivity index (χ2n) is 6.55. The zero-order valence-electron chi connectivity index (χ0n) is 15.4. The van der Waals surface area contributed by atoms with Gasteiger partial charge in [-0.3, -0.25) is 9.59 Å². The summed E-state index contributed by atoms with van der Waals surface area (Å²) in [6.07, 6.45) is -4.68. The van der Waals surface area contributed by atoms with Crippen molar-refractivity contribution in [1.82, 2.24) is 15.2 Å². The van der Waals surface area contributed by atoms with Crippen molar-refractivity contribution in [2.75, 3.05) is 18.4 Å². The number of alkyl halides is 3. The highest BCUT2D eigenvalue weighted by molar-refractivity contribution is 5.98. The molecule has 0 aliphatic carbocycles. The van der Waals surface area contributed by atoms with E-state index in [0.717, 1.165) is 12.1 Å². The second kappa shape index (κ2) is 8.06. The molecule has 154 valence electrons. The number of carbonyl (C=O) groups is 2. The molecular formula is C19H18F4N4O2. The molecule has 1 aliphatic heterocycles. The third-order valence-electron chi connectivity index (χ3n) is 4.43. The van der Waals surface area contributed by atoms with Gasteiger partial charge in [-0.1, -0.05) is 6.07 Å². The van der Waals surface area contributed by atoms with Crippen molar-refractivity contribution in [3.8, 4) is 0 Å². The van der Waals surface area contributed by atoms with Gasteiger partial charge in [0.05, 0.1) is 23.4 Å². The number of fused-ring (bicyclic) bond motifs is 1. The van der Waals surface area contributed by atoms with Crippen LogP contribution in [0.2, 0.25) is 0 Å². The van der Waals surface area contributed by atoms with Gasteiger partial charge in [-0.05, 0) is 29.8 Å². The van der Waals surface area contributed by atoms with Crippen LogP contribution in [0.4, 0.5) is 23.4 Å². The molecule has 6 nitrogen and oxygen atoms in total. The lowest BCUT2D eigenvalue weighted by molar-refractivity contribution is -0.138. The van der Waals surface area contributed by atoms with E-state index in [4.69, 9.17) is 0 Å². The minimum Gasteiger partial charge on any atom is -0.366 e. The van der Waals surface area contributed by atoms with Crippen LogP contribution in [0.5, 0.6) is 0 Å². The number of amides is 2. The predicted molar refractivity (Wildman–Crippen MR) is 96.4 cm³/mol. The van der Waals surface area contributed by atoms with Crippen LogP contribution >= 0.6 is 0 Å². The minimum absolute atomic E-state index is 0.116. The molecule has 0 fully saturated rings. The van der Waals surface area contributed by atoms with Gasteiger partial charge in [-0.15, -0.1) is 0 Å². The highest BCUT2D eigenvalue weighted by atomic mass is 19.4. The Morgan fingerprint density at radius 2 is 2.00 bits per heavy atom. The number of benzene rings is 1. The summed E-state index contributed by atoms with van der Waals surface area (Å²) >= 11 is 0. The van der Waals surface area contributed by atoms with Crippen LogP contribution < -0.4 is 10.6 Å². The van der Waals surface area contributed by atoms with Crippen LogP contribution in [-0.4, -0.2) is 34.8 Å². The summed E-state index contributed by atoms with van der Waals surface area (Å²) < 4.78 is 52.5. The van der Waals surface area contributed by atoms with Gasteiger partial charge in [0.2, 0.25) is 5.91 Å². The summed E-state index contributed by atoms with van der Waals surface area (Å²) in [5, 5.41) is 5.40. The molecule has 0 saturated heterocycles. The first kappa shape index (κ1) is 20.6. The number of nitrogens with zero attached hydrogens (tertiary/aromatic N) is 2. The van der Waals surface area contributed by atoms with Crippen molar-refractivity contribution < 1.29 is 27.2 Å². The molecule has 0 saturated carbocycles. The molecule has 2 aromatic rings. The maximum Gasteiger partial charge on any atom is 0.416 e. The first-order valence-corrected chi connectivity index (χ1v) is 8.78. The SMILES string of the molecule is CC(=O)NCCN1Cc2nc(NCc3ccc(F)cc3C(F)(F)F)ccc2C1=O. The van der Waals surface area contributed by atoms with Gasteiger partial charge >= 0.3 is 6.18 Å². The standard InChI is InChI=1S/C19H18F4N4O2/c1-11(28)24-6-7-27-10-16-14(18(27)29)4-5-17(26-16)25-9-12-2-3-13(20)8-15(12)19(21,22)23/h2-5,8H,6-7,9-10H2,1H3,(H,24,28)(H,25,26). The monoisotopic (exact) mass is 410 g/mol. The van der Waals surface area contributed by atoms with E-state index in [9.17, 15) is 27.2 Å². The Kier molecular flexibility index (Phi) is 5.71. The van der Waals surface area contributed by atoms with E-state index in [1.807, 2.05) is 0 Å². The molecule has 0 atom stereocenters. The topological polar surface area (TPSA) is 74.3 Å². The Morgan fingerprint density at radius 3 is 2.69 bits per heavy atom. The second-order valence-corrected chi connectivity index (χ2v) is 6.55. The average molecular weight is 410 g/mol. The molecule has 10 heteroatoms. The summed E-state index contributed by atoms with van der Waals surface area (Å²) in [6, 6.07) is 5.56. The fourth-order valence-corrected chi connectivity index (χ4v) is 3.04. The van der Waals surface area contributed by atoms with Crippen LogP contribution in [0.1, 0.15) is 34.1 Å². The van der Waals surface area contributed by atoms with Crippen LogP contribution in [0.25, 0.3) is 0 Å². The van der Waals surface area contributed by atoms with Gasteiger partial charge < -0.3 is 15.5 Å². The fraction of sp³-hybridized carbons (Fsp3) is 0.316. The highest BCUT2D eigenvalue weighted by Gasteiger charge is 2.34. The summed E-state index contributed by atoms with van der Waals surface area (Å²) in [5.74, 6) is -1.08. The highest BCUT2D eigenvalue weighted by Crippen LogP contribution is 2.33. The van der Waals surface area contributed by atoms with Crippen molar-refractivity contribution in [3.63, 3.8) is 0 Å². The third kappa shape index (κ3) is 4.82. The van der Waals surface area contributed by atoms with Crippen molar-refractivity contribution in [1.29, 1.82) is 0 Å². The number of halogens is 4. The maximum atomic E-state index is 13.2. The van der Waals surface area contributed by atoms with E-state index in [1.165, 1.54) is 17.9 Å². The Balaban J connectivity index is 1.69. The van der Waals surface area contributed by atoms with Gasteiger partial charge in [0.25, 0.3) is 5.91 Å². The zero-order valence-corrected chi connectivity index (χ0v) is 15.4. The third-order valence-corrected chi connectivity index (χ3v) is 4.43. The van der Waals surface area contributed by atoms with E-state index < -0.39 is 17.6 Å². The molecule has 29 heavy (non-hydrogen) atoms. The lowest BCUT2D eigenvalue weighted by Crippen LogP contribution is -2.34. The number of rotatable bonds is 6. The van der Waals surface area contributed by atoms with Gasteiger partial charge in [-0.2, -0.15) is 13.2 Å². The Labute approximate surface area is 163 Å². The first-order valence-electron chi connectivity index (χ1n) is 8.78. The van der Waals surface area contributed by atoms with Crippen LogP contribution in [0, 0.1) is 5.82 Å². The smallest absolute Gasteiger partial charge is 0.366 e. The minimum atomic E-state index is -4.68. The largest absolute Gasteiger partial charge is 0.416 e. The van der Waals surface area contributed by atoms with Gasteiger partial charge in [0.1, 0.15) is 11.6 Å². The summed E-state index contributed by atoms with van der Waals surface area (Å²) in [4.78, 5) is 29.1. The van der Waals surface area contributed by atoms with Crippen LogP contribution in [0.3, 0.4) is 0 Å². The zero-order chi connectivity index (χ0) is 21.2. The van der Waals surface area contributed by atoms with Crippen molar-refractivity contribution in [2.45, 2.75) is 26.2 Å². The van der Waals surface area contributed by atoms with Crippen molar-refractivity contribution in [2.24, 2.45) is 0 Å². The van der Waals surface area contributed by atoms with Gasteiger partial charge in [-0.25, -0.2) is 9.37 Å². The Morgan fingerprint density at radius 1 is 1.24 bits per heavy atom. The molecule has 0 spiro atoms. The summed E-state index contributed by atoms with van der Waals surface area (Å²) in [7, 11) is 0. The number of hydrogen-bond donors (Lipinski definition) is 2. The number of anilines is 1. The molecule has 2 N–H and O–H groups in total. The summed E-state index contributed by atoms with van der Waals surface area (Å²) in [5.41, 5.74) is -0.256. The Bertz CT molecular complexity index is 946. The van der Waals surface area contributed by atoms with Crippen LogP contribution in [-0.2, 0) is 24.1 Å². The molecule has 0 bridgehead atoms. The van der Waals surface area contributed by atoms with Crippen molar-refractivity contribution in [3.05, 3.63) is 58.5 Å². The number of aromatic nitrogens is 1. The first-order chi connectivity index (χ1) is 13.6. The molecule has 1 aromatic heterocycles. The van der Waals surface area contributed by atoms with E-state index in [0.29, 0.717) is 36.2 Å². The average Bonchev–Trinajstić information content (AvgIpc) is 2.95. The number of pyridine rings is 1. The normalized spacial score (nSPS) is 13.4. The number of carbonyl (C=O) groups excluding carboxylic acids is 2. The van der Waals surface area contributed by atoms with Crippen molar-refractivity contribution >= 4 is 17.6 Å². The van der Waals surface area contributed by atoms with E-state index in [1.54, 1.807) is 6.07 Å². The maximum absolute atomic E-state index is 13.2. The van der Waals surface area contributed by atoms with Crippen LogP contribution in [0.15, 0.2) is 30.3 Å². The van der Waals surface area contributed by atoms with E-state index >= 15 is 0 Å². The molecule has 0 unspecified atom stereocenters. The molecule has 1 aromatic carbocycles. The van der Waals surface area contributed by atoms with E-state index in [2.05, 4.69) is 15.6 Å². The molecule has 2 amide bonds. The lowest BCUT2D eigenvalue weighted by Gasteiger charge is -2.15. The lowest BCUT2D eigenvalue weighted by atomic mass is 10.1.